The van der Waals surface area contributed by atoms with Crippen molar-refractivity contribution in [1.29, 1.82) is 0 Å². The third-order valence-electron chi connectivity index (χ3n) is 3.73. The maximum absolute atomic E-state index is 12.2. The van der Waals surface area contributed by atoms with Crippen LogP contribution in [0.3, 0.4) is 0 Å². The number of morpholine rings is 1. The van der Waals surface area contributed by atoms with Crippen LogP contribution in [-0.2, 0) is 24.3 Å². The van der Waals surface area contributed by atoms with Crippen LogP contribution in [0, 0.1) is 0 Å². The summed E-state index contributed by atoms with van der Waals surface area (Å²) in [5, 5.41) is 2.58. The molecule has 2 rings (SSSR count). The molecule has 0 aliphatic carbocycles. The Morgan fingerprint density at radius 1 is 1.32 bits per heavy atom. The largest absolute Gasteiger partial charge is 0.377 e. The average molecular weight is 369 g/mol. The van der Waals surface area contributed by atoms with Gasteiger partial charge >= 0.3 is 0 Å². The Hall–Kier alpha value is -2.13. The van der Waals surface area contributed by atoms with Crippen molar-refractivity contribution in [2.75, 3.05) is 35.6 Å². The molecular weight excluding hydrogens is 346 g/mol. The monoisotopic (exact) mass is 369 g/mol. The van der Waals surface area contributed by atoms with Gasteiger partial charge in [0.15, 0.2) is 0 Å². The fourth-order valence-electron chi connectivity index (χ4n) is 2.56. The molecule has 1 aliphatic heterocycles. The number of ether oxygens (including phenoxy) is 1. The van der Waals surface area contributed by atoms with E-state index in [4.69, 9.17) is 4.74 Å². The molecule has 9 heteroatoms. The van der Waals surface area contributed by atoms with Crippen molar-refractivity contribution in [3.05, 3.63) is 24.3 Å². The van der Waals surface area contributed by atoms with Crippen LogP contribution >= 0.6 is 0 Å². The fraction of sp³-hybridized carbons (Fsp3) is 0.500. The second kappa shape index (κ2) is 8.30. The first-order chi connectivity index (χ1) is 11.8. The molecule has 1 aliphatic rings. The molecule has 2 amide bonds. The second-order valence-electron chi connectivity index (χ2n) is 5.94. The summed E-state index contributed by atoms with van der Waals surface area (Å²) in [5.41, 5.74) is 0.823. The van der Waals surface area contributed by atoms with Gasteiger partial charge in [-0.25, -0.2) is 8.42 Å². The number of hydrogen-bond donors (Lipinski definition) is 2. The number of amides is 2. The predicted molar refractivity (Wildman–Crippen MR) is 94.8 cm³/mol. The first kappa shape index (κ1) is 19.2. The fourth-order valence-corrected chi connectivity index (χ4v) is 3.59. The van der Waals surface area contributed by atoms with Crippen molar-refractivity contribution in [3.63, 3.8) is 0 Å². The van der Waals surface area contributed by atoms with E-state index in [0.717, 1.165) is 0 Å². The van der Waals surface area contributed by atoms with Gasteiger partial charge in [-0.3, -0.25) is 14.3 Å². The smallest absolute Gasteiger partial charge is 0.233 e. The Labute approximate surface area is 147 Å². The average Bonchev–Trinajstić information content (AvgIpc) is 2.52. The number of nitrogens with one attached hydrogen (secondary N) is 2. The predicted octanol–water partition coefficient (Wildman–Crippen LogP) is 1.02. The molecular formula is C16H23N3O5S. The molecule has 0 saturated carbocycles. The van der Waals surface area contributed by atoms with E-state index in [9.17, 15) is 18.0 Å². The van der Waals surface area contributed by atoms with Crippen molar-refractivity contribution < 1.29 is 22.7 Å². The van der Waals surface area contributed by atoms with Crippen LogP contribution in [0.2, 0.25) is 0 Å². The molecule has 0 spiro atoms. The number of carbonyl (C=O) groups excluding carboxylic acids is 2. The Bertz CT molecular complexity index is 735. The van der Waals surface area contributed by atoms with E-state index in [-0.39, 0.29) is 30.0 Å². The summed E-state index contributed by atoms with van der Waals surface area (Å²) in [6, 6.07) is 6.33. The van der Waals surface area contributed by atoms with Crippen LogP contribution in [-0.4, -0.2) is 56.7 Å². The van der Waals surface area contributed by atoms with E-state index in [1.165, 1.54) is 13.0 Å². The summed E-state index contributed by atoms with van der Waals surface area (Å²) < 4.78 is 32.1. The Balaban J connectivity index is 1.93. The van der Waals surface area contributed by atoms with Gasteiger partial charge in [-0.1, -0.05) is 6.07 Å². The minimum atomic E-state index is -3.67. The molecule has 1 heterocycles. The molecule has 1 aromatic carbocycles. The molecule has 1 unspecified atom stereocenters. The number of nitrogens with zero attached hydrogens (tertiary/aromatic N) is 1. The maximum Gasteiger partial charge on any atom is 0.233 e. The molecule has 2 N–H and O–H groups in total. The van der Waals surface area contributed by atoms with Crippen molar-refractivity contribution in [3.8, 4) is 0 Å². The second-order valence-corrected chi connectivity index (χ2v) is 7.79. The zero-order valence-electron chi connectivity index (χ0n) is 14.3. The van der Waals surface area contributed by atoms with Gasteiger partial charge < -0.3 is 15.0 Å². The van der Waals surface area contributed by atoms with Crippen molar-refractivity contribution in [2.24, 2.45) is 0 Å². The van der Waals surface area contributed by atoms with Crippen LogP contribution in [0.5, 0.6) is 0 Å². The molecule has 1 saturated heterocycles. The number of benzene rings is 1. The molecule has 0 radical (unpaired) electrons. The molecule has 25 heavy (non-hydrogen) atoms. The van der Waals surface area contributed by atoms with Gasteiger partial charge in [0.05, 0.1) is 30.7 Å². The zero-order chi connectivity index (χ0) is 18.4. The minimum Gasteiger partial charge on any atom is -0.377 e. The summed E-state index contributed by atoms with van der Waals surface area (Å²) >= 11 is 0. The highest BCUT2D eigenvalue weighted by Crippen LogP contribution is 2.17. The summed E-state index contributed by atoms with van der Waals surface area (Å²) in [7, 11) is -3.67. The topological polar surface area (TPSA) is 105 Å². The lowest BCUT2D eigenvalue weighted by Crippen LogP contribution is -2.47. The molecule has 1 atom stereocenters. The number of hydrogen-bond acceptors (Lipinski definition) is 5. The molecule has 1 aromatic rings. The molecule has 0 bridgehead atoms. The van der Waals surface area contributed by atoms with Gasteiger partial charge in [0.2, 0.25) is 21.8 Å². The normalized spacial score (nSPS) is 17.8. The summed E-state index contributed by atoms with van der Waals surface area (Å²) in [4.78, 5) is 24.9. The van der Waals surface area contributed by atoms with Gasteiger partial charge in [-0.2, -0.15) is 0 Å². The molecule has 0 aromatic heterocycles. The SMILES string of the molecule is CC(=O)Nc1cccc(NS(=O)(=O)CCC(=O)N2CCOCC2C)c1. The number of anilines is 2. The van der Waals surface area contributed by atoms with E-state index in [0.29, 0.717) is 31.1 Å². The lowest BCUT2D eigenvalue weighted by molar-refractivity contribution is -0.138. The van der Waals surface area contributed by atoms with Gasteiger partial charge in [-0.05, 0) is 25.1 Å². The zero-order valence-corrected chi connectivity index (χ0v) is 15.1. The quantitative estimate of drug-likeness (QED) is 0.779. The van der Waals surface area contributed by atoms with Gasteiger partial charge in [-0.15, -0.1) is 0 Å². The third kappa shape index (κ3) is 6.02. The summed E-state index contributed by atoms with van der Waals surface area (Å²) in [6.07, 6.45) is -0.0922. The van der Waals surface area contributed by atoms with Gasteiger partial charge in [0.1, 0.15) is 0 Å². The highest BCUT2D eigenvalue weighted by molar-refractivity contribution is 7.92. The molecule has 1 fully saturated rings. The van der Waals surface area contributed by atoms with E-state index in [1.54, 1.807) is 23.1 Å². The summed E-state index contributed by atoms with van der Waals surface area (Å²) in [6.45, 7) is 4.66. The van der Waals surface area contributed by atoms with Crippen LogP contribution in [0.15, 0.2) is 24.3 Å². The van der Waals surface area contributed by atoms with Gasteiger partial charge in [0.25, 0.3) is 0 Å². The standard InChI is InChI=1S/C16H23N3O5S/c1-12-11-24-8-7-19(12)16(21)6-9-25(22,23)18-15-5-3-4-14(10-15)17-13(2)20/h3-5,10,12,18H,6-9,11H2,1-2H3,(H,17,20). The molecule has 138 valence electrons. The van der Waals surface area contributed by atoms with Crippen LogP contribution in [0.4, 0.5) is 11.4 Å². The van der Waals surface area contributed by atoms with E-state index in [2.05, 4.69) is 10.0 Å². The van der Waals surface area contributed by atoms with Gasteiger partial charge in [0, 0.05) is 25.6 Å². The van der Waals surface area contributed by atoms with Crippen molar-refractivity contribution in [2.45, 2.75) is 26.3 Å². The van der Waals surface area contributed by atoms with E-state index >= 15 is 0 Å². The number of sulfonamides is 1. The minimum absolute atomic E-state index is 0.0498. The Morgan fingerprint density at radius 3 is 2.72 bits per heavy atom. The van der Waals surface area contributed by atoms with Crippen molar-refractivity contribution >= 4 is 33.2 Å². The first-order valence-electron chi connectivity index (χ1n) is 8.02. The highest BCUT2D eigenvalue weighted by Gasteiger charge is 2.25. The lowest BCUT2D eigenvalue weighted by Gasteiger charge is -2.33. The first-order valence-corrected chi connectivity index (χ1v) is 9.67. The Morgan fingerprint density at radius 2 is 2.04 bits per heavy atom. The lowest BCUT2D eigenvalue weighted by atomic mass is 10.2. The van der Waals surface area contributed by atoms with E-state index in [1.807, 2.05) is 6.92 Å². The maximum atomic E-state index is 12.2. The molecule has 8 nitrogen and oxygen atoms in total. The number of rotatable bonds is 6. The Kier molecular flexibility index (Phi) is 6.38. The third-order valence-corrected chi connectivity index (χ3v) is 5.02. The van der Waals surface area contributed by atoms with Crippen LogP contribution in [0.25, 0.3) is 0 Å². The van der Waals surface area contributed by atoms with Crippen molar-refractivity contribution in [1.82, 2.24) is 4.90 Å². The summed E-state index contributed by atoms with van der Waals surface area (Å²) in [5.74, 6) is -0.751. The number of carbonyl (C=O) groups is 2. The van der Waals surface area contributed by atoms with Crippen LogP contribution in [0.1, 0.15) is 20.3 Å². The van der Waals surface area contributed by atoms with E-state index < -0.39 is 10.0 Å². The highest BCUT2D eigenvalue weighted by atomic mass is 32.2. The van der Waals surface area contributed by atoms with Crippen LogP contribution < -0.4 is 10.0 Å².